The van der Waals surface area contributed by atoms with Gasteiger partial charge in [0.05, 0.1) is 6.33 Å². The zero-order chi connectivity index (χ0) is 25.3. The van der Waals surface area contributed by atoms with Crippen LogP contribution in [-0.2, 0) is 33.3 Å². The highest BCUT2D eigenvalue weighted by atomic mass is 19.2. The van der Waals surface area contributed by atoms with Gasteiger partial charge in [0.1, 0.15) is 30.2 Å². The lowest BCUT2D eigenvalue weighted by Crippen LogP contribution is -2.40. The molecule has 0 saturated carbocycles. The van der Waals surface area contributed by atoms with Crippen LogP contribution in [0.1, 0.15) is 27.0 Å². The molecule has 0 aliphatic carbocycles. The summed E-state index contributed by atoms with van der Waals surface area (Å²) >= 11 is 0. The molecule has 13 heteroatoms. The highest BCUT2D eigenvalue weighted by Crippen LogP contribution is 2.37. The van der Waals surface area contributed by atoms with E-state index in [0.717, 1.165) is 12.1 Å². The molecule has 4 rings (SSSR count). The van der Waals surface area contributed by atoms with Gasteiger partial charge in [-0.15, -0.1) is 0 Å². The van der Waals surface area contributed by atoms with Crippen molar-refractivity contribution in [2.75, 3.05) is 6.61 Å². The normalized spacial score (nSPS) is 21.6. The fraction of sp³-hybridized carbons (Fsp3) is 0.364. The van der Waals surface area contributed by atoms with E-state index in [2.05, 4.69) is 15.0 Å². The van der Waals surface area contributed by atoms with Crippen molar-refractivity contribution in [3.05, 3.63) is 42.5 Å². The second-order valence-corrected chi connectivity index (χ2v) is 7.69. The summed E-state index contributed by atoms with van der Waals surface area (Å²) in [6.45, 7) is 3.28. The first-order chi connectivity index (χ1) is 16.7. The van der Waals surface area contributed by atoms with Crippen LogP contribution in [0.25, 0.3) is 22.4 Å². The van der Waals surface area contributed by atoms with Crippen molar-refractivity contribution in [3.8, 4) is 11.3 Å². The summed E-state index contributed by atoms with van der Waals surface area (Å²) in [6, 6.07) is 3.30. The number of aromatic nitrogens is 4. The lowest BCUT2D eigenvalue weighted by molar-refractivity contribution is -0.166. The Bertz CT molecular complexity index is 1300. The fourth-order valence-corrected chi connectivity index (χ4v) is 3.81. The molecule has 4 atom stereocenters. The van der Waals surface area contributed by atoms with E-state index in [4.69, 9.17) is 18.9 Å². The molecular weight excluding hydrogens is 470 g/mol. The molecule has 0 amide bonds. The van der Waals surface area contributed by atoms with Gasteiger partial charge in [0.2, 0.25) is 0 Å². The first-order valence-electron chi connectivity index (χ1n) is 10.4. The molecule has 1 saturated heterocycles. The molecule has 1 fully saturated rings. The number of imidazole rings is 1. The molecule has 1 aliphatic rings. The number of halogens is 2. The molecule has 3 heterocycles. The van der Waals surface area contributed by atoms with Gasteiger partial charge in [0, 0.05) is 26.3 Å². The van der Waals surface area contributed by atoms with Gasteiger partial charge in [-0.1, -0.05) is 0 Å². The second kappa shape index (κ2) is 9.70. The quantitative estimate of drug-likeness (QED) is 0.374. The number of hydrogen-bond donors (Lipinski definition) is 0. The summed E-state index contributed by atoms with van der Waals surface area (Å²) in [4.78, 5) is 47.6. The van der Waals surface area contributed by atoms with Crippen LogP contribution >= 0.6 is 0 Å². The summed E-state index contributed by atoms with van der Waals surface area (Å²) < 4.78 is 50.5. The van der Waals surface area contributed by atoms with Crippen LogP contribution < -0.4 is 0 Å². The van der Waals surface area contributed by atoms with Crippen molar-refractivity contribution < 1.29 is 42.1 Å². The first-order valence-corrected chi connectivity index (χ1v) is 10.4. The molecule has 0 unspecified atom stereocenters. The predicted octanol–water partition coefficient (Wildman–Crippen LogP) is 2.10. The van der Waals surface area contributed by atoms with E-state index in [1.54, 1.807) is 0 Å². The number of fused-ring (bicyclic) bond motifs is 1. The molecule has 2 aromatic heterocycles. The third kappa shape index (κ3) is 4.94. The molecule has 184 valence electrons. The Morgan fingerprint density at radius 2 is 1.69 bits per heavy atom. The van der Waals surface area contributed by atoms with E-state index in [1.165, 1.54) is 44.1 Å². The minimum absolute atomic E-state index is 0.219. The Balaban J connectivity index is 1.77. The predicted molar refractivity (Wildman–Crippen MR) is 112 cm³/mol. The number of carbonyl (C=O) groups is 3. The van der Waals surface area contributed by atoms with Crippen LogP contribution in [0, 0.1) is 11.6 Å². The van der Waals surface area contributed by atoms with Crippen molar-refractivity contribution in [3.63, 3.8) is 0 Å². The van der Waals surface area contributed by atoms with Gasteiger partial charge in [0.25, 0.3) is 0 Å². The standard InChI is InChI=1S/C22H20F2N4O7/c1-10(29)32-7-16-19(33-11(2)30)20(34-12(3)31)22(35-16)28-9-27-18-17(25-8-26-21(18)28)13-4-5-14(23)15(24)6-13/h4-6,8-9,16,19-20,22H,7H2,1-3H3/t16-,19-,20-,22-/m1/s1. The van der Waals surface area contributed by atoms with Crippen molar-refractivity contribution in [1.29, 1.82) is 0 Å². The van der Waals surface area contributed by atoms with Gasteiger partial charge in [-0.05, 0) is 18.2 Å². The average Bonchev–Trinajstić information content (AvgIpc) is 3.35. The maximum Gasteiger partial charge on any atom is 0.303 e. The molecule has 1 aliphatic heterocycles. The van der Waals surface area contributed by atoms with E-state index in [1.807, 2.05) is 0 Å². The van der Waals surface area contributed by atoms with Gasteiger partial charge in [0.15, 0.2) is 35.7 Å². The molecule has 0 radical (unpaired) electrons. The molecule has 35 heavy (non-hydrogen) atoms. The largest absolute Gasteiger partial charge is 0.463 e. The lowest BCUT2D eigenvalue weighted by Gasteiger charge is -2.23. The van der Waals surface area contributed by atoms with Crippen molar-refractivity contribution in [2.45, 2.75) is 45.3 Å². The molecule has 3 aromatic rings. The van der Waals surface area contributed by atoms with Crippen LogP contribution in [0.15, 0.2) is 30.9 Å². The van der Waals surface area contributed by atoms with Crippen molar-refractivity contribution in [2.24, 2.45) is 0 Å². The highest BCUT2D eigenvalue weighted by Gasteiger charge is 2.51. The maximum absolute atomic E-state index is 13.8. The third-order valence-electron chi connectivity index (χ3n) is 5.17. The van der Waals surface area contributed by atoms with Crippen LogP contribution in [0.5, 0.6) is 0 Å². The van der Waals surface area contributed by atoms with Crippen molar-refractivity contribution >= 4 is 29.1 Å². The van der Waals surface area contributed by atoms with E-state index >= 15 is 0 Å². The highest BCUT2D eigenvalue weighted by molar-refractivity contribution is 5.87. The molecular formula is C22H20F2N4O7. The van der Waals surface area contributed by atoms with E-state index in [9.17, 15) is 23.2 Å². The molecule has 0 N–H and O–H groups in total. The number of rotatable bonds is 6. The maximum atomic E-state index is 13.8. The monoisotopic (exact) mass is 490 g/mol. The summed E-state index contributed by atoms with van der Waals surface area (Å²) in [5, 5.41) is 0. The molecule has 11 nitrogen and oxygen atoms in total. The zero-order valence-corrected chi connectivity index (χ0v) is 18.8. The molecule has 1 aromatic carbocycles. The summed E-state index contributed by atoms with van der Waals surface area (Å²) in [7, 11) is 0. The number of nitrogens with zero attached hydrogens (tertiary/aromatic N) is 4. The van der Waals surface area contributed by atoms with Crippen LogP contribution in [0.3, 0.4) is 0 Å². The Labute approximate surface area is 197 Å². The van der Waals surface area contributed by atoms with E-state index < -0.39 is 54.1 Å². The number of ether oxygens (including phenoxy) is 4. The Kier molecular flexibility index (Phi) is 6.69. The fourth-order valence-electron chi connectivity index (χ4n) is 3.81. The van der Waals surface area contributed by atoms with Crippen LogP contribution in [0.2, 0.25) is 0 Å². The Morgan fingerprint density at radius 3 is 2.34 bits per heavy atom. The smallest absolute Gasteiger partial charge is 0.303 e. The third-order valence-corrected chi connectivity index (χ3v) is 5.17. The van der Waals surface area contributed by atoms with E-state index in [-0.39, 0.29) is 29.0 Å². The molecule has 0 spiro atoms. The van der Waals surface area contributed by atoms with Gasteiger partial charge in [-0.2, -0.15) is 0 Å². The Hall–Kier alpha value is -4.00. The number of benzene rings is 1. The number of hydrogen-bond acceptors (Lipinski definition) is 10. The minimum Gasteiger partial charge on any atom is -0.463 e. The number of carbonyl (C=O) groups excluding carboxylic acids is 3. The topological polar surface area (TPSA) is 132 Å². The summed E-state index contributed by atoms with van der Waals surface area (Å²) in [6.07, 6.45) is -1.76. The van der Waals surface area contributed by atoms with Gasteiger partial charge in [-0.25, -0.2) is 23.7 Å². The summed E-state index contributed by atoms with van der Waals surface area (Å²) in [5.74, 6) is -3.98. The van der Waals surface area contributed by atoms with Crippen LogP contribution in [-0.4, -0.2) is 62.3 Å². The summed E-state index contributed by atoms with van der Waals surface area (Å²) in [5.41, 5.74) is 0.936. The first kappa shape index (κ1) is 24.1. The molecule has 0 bridgehead atoms. The van der Waals surface area contributed by atoms with E-state index in [0.29, 0.717) is 0 Å². The van der Waals surface area contributed by atoms with Crippen molar-refractivity contribution in [1.82, 2.24) is 19.5 Å². The average molecular weight is 490 g/mol. The minimum atomic E-state index is -1.14. The van der Waals surface area contributed by atoms with Crippen LogP contribution in [0.4, 0.5) is 8.78 Å². The number of esters is 3. The Morgan fingerprint density at radius 1 is 0.971 bits per heavy atom. The SMILES string of the molecule is CC(=O)OC[C@H]1O[C@@H](n2cnc3c(-c4ccc(F)c(F)c4)ncnc32)[C@H](OC(C)=O)[C@@H]1OC(C)=O. The lowest BCUT2D eigenvalue weighted by atomic mass is 10.1. The van der Waals surface area contributed by atoms with Gasteiger partial charge >= 0.3 is 17.9 Å². The van der Waals surface area contributed by atoms with Gasteiger partial charge < -0.3 is 18.9 Å². The van der Waals surface area contributed by atoms with Gasteiger partial charge in [-0.3, -0.25) is 19.0 Å². The zero-order valence-electron chi connectivity index (χ0n) is 18.8. The second-order valence-electron chi connectivity index (χ2n) is 7.69.